The average molecular weight is 499 g/mol. The van der Waals surface area contributed by atoms with E-state index in [0.717, 1.165) is 36.0 Å². The number of ether oxygens (including phenoxy) is 1. The van der Waals surface area contributed by atoms with Gasteiger partial charge in [-0.1, -0.05) is 30.3 Å². The standard InChI is InChI=1S/C27H34N2O5S/c1-18-11-12-23(17-19(18)2)35(32,33)29-15-13-22(14-16-29)27(31)34-20(3)26(30)28-25-10-6-8-21-7-4-5-9-24(21)25/h4-5,7,9,11-12,17,20,22,25H,6,8,10,13-16H2,1-3H3,(H,28,30)/t20-,25-/m0/s1. The van der Waals surface area contributed by atoms with Crippen molar-refractivity contribution >= 4 is 21.9 Å². The van der Waals surface area contributed by atoms with Gasteiger partial charge in [0.05, 0.1) is 16.9 Å². The quantitative estimate of drug-likeness (QED) is 0.611. The molecule has 1 aliphatic heterocycles. The van der Waals surface area contributed by atoms with Crippen molar-refractivity contribution in [2.75, 3.05) is 13.1 Å². The summed E-state index contributed by atoms with van der Waals surface area (Å²) in [6.45, 7) is 5.91. The maximum absolute atomic E-state index is 13.0. The molecule has 4 rings (SSSR count). The molecule has 0 bridgehead atoms. The van der Waals surface area contributed by atoms with Crippen LogP contribution in [0, 0.1) is 19.8 Å². The minimum atomic E-state index is -3.61. The van der Waals surface area contributed by atoms with Crippen molar-refractivity contribution in [3.05, 3.63) is 64.7 Å². The molecule has 2 aliphatic rings. The van der Waals surface area contributed by atoms with E-state index in [1.165, 1.54) is 9.87 Å². The molecule has 2 atom stereocenters. The summed E-state index contributed by atoms with van der Waals surface area (Å²) in [6, 6.07) is 13.2. The lowest BCUT2D eigenvalue weighted by atomic mass is 9.87. The molecule has 1 amide bonds. The Balaban J connectivity index is 1.30. The molecule has 0 spiro atoms. The van der Waals surface area contributed by atoms with E-state index in [-0.39, 0.29) is 29.9 Å². The third-order valence-corrected chi connectivity index (χ3v) is 9.15. The van der Waals surface area contributed by atoms with Crippen molar-refractivity contribution in [1.82, 2.24) is 9.62 Å². The second-order valence-electron chi connectivity index (χ2n) is 9.66. The molecule has 35 heavy (non-hydrogen) atoms. The van der Waals surface area contributed by atoms with Crippen LogP contribution in [0.2, 0.25) is 0 Å². The highest BCUT2D eigenvalue weighted by molar-refractivity contribution is 7.89. The van der Waals surface area contributed by atoms with Gasteiger partial charge in [0.1, 0.15) is 0 Å². The molecule has 2 aromatic carbocycles. The fraction of sp³-hybridized carbons (Fsp3) is 0.481. The van der Waals surface area contributed by atoms with Crippen LogP contribution >= 0.6 is 0 Å². The first-order chi connectivity index (χ1) is 16.7. The number of carbonyl (C=O) groups is 2. The molecule has 1 N–H and O–H groups in total. The van der Waals surface area contributed by atoms with Crippen LogP contribution in [0.1, 0.15) is 60.9 Å². The van der Waals surface area contributed by atoms with Crippen LogP contribution < -0.4 is 5.32 Å². The summed E-state index contributed by atoms with van der Waals surface area (Å²) in [5, 5.41) is 3.03. The maximum atomic E-state index is 13.0. The van der Waals surface area contributed by atoms with Crippen molar-refractivity contribution in [2.45, 2.75) is 69.9 Å². The molecule has 1 saturated heterocycles. The fourth-order valence-electron chi connectivity index (χ4n) is 4.87. The van der Waals surface area contributed by atoms with E-state index in [1.807, 2.05) is 38.1 Å². The summed E-state index contributed by atoms with van der Waals surface area (Å²) in [4.78, 5) is 25.8. The second kappa shape index (κ2) is 10.5. The van der Waals surface area contributed by atoms with Gasteiger partial charge in [-0.25, -0.2) is 8.42 Å². The predicted octanol–water partition coefficient (Wildman–Crippen LogP) is 3.83. The Morgan fingerprint density at radius 2 is 1.74 bits per heavy atom. The number of aryl methyl sites for hydroxylation is 3. The summed E-state index contributed by atoms with van der Waals surface area (Å²) in [5.41, 5.74) is 4.34. The van der Waals surface area contributed by atoms with Crippen LogP contribution in [0.15, 0.2) is 47.4 Å². The lowest BCUT2D eigenvalue weighted by molar-refractivity contribution is -0.160. The molecule has 0 unspecified atom stereocenters. The van der Waals surface area contributed by atoms with Gasteiger partial charge in [0.2, 0.25) is 10.0 Å². The Morgan fingerprint density at radius 1 is 1.03 bits per heavy atom. The number of benzene rings is 2. The molecule has 8 heteroatoms. The number of piperidine rings is 1. The summed E-state index contributed by atoms with van der Waals surface area (Å²) >= 11 is 0. The van der Waals surface area contributed by atoms with E-state index in [0.29, 0.717) is 12.8 Å². The van der Waals surface area contributed by atoms with Gasteiger partial charge in [0.15, 0.2) is 6.10 Å². The Kier molecular flexibility index (Phi) is 7.62. The minimum absolute atomic E-state index is 0.0764. The van der Waals surface area contributed by atoms with Crippen LogP contribution in [0.4, 0.5) is 0 Å². The number of nitrogens with zero attached hydrogens (tertiary/aromatic N) is 1. The van der Waals surface area contributed by atoms with E-state index < -0.39 is 28.0 Å². The zero-order valence-electron chi connectivity index (χ0n) is 20.6. The van der Waals surface area contributed by atoms with Crippen molar-refractivity contribution < 1.29 is 22.7 Å². The summed E-state index contributed by atoms with van der Waals surface area (Å²) in [5.74, 6) is -1.18. The molecule has 1 heterocycles. The summed E-state index contributed by atoms with van der Waals surface area (Å²) in [7, 11) is -3.61. The number of sulfonamides is 1. The zero-order valence-corrected chi connectivity index (χ0v) is 21.4. The smallest absolute Gasteiger partial charge is 0.309 e. The van der Waals surface area contributed by atoms with E-state index in [2.05, 4.69) is 11.4 Å². The Labute approximate surface area is 207 Å². The number of hydrogen-bond donors (Lipinski definition) is 1. The fourth-order valence-corrected chi connectivity index (χ4v) is 6.43. The highest BCUT2D eigenvalue weighted by Gasteiger charge is 2.34. The molecule has 0 radical (unpaired) electrons. The van der Waals surface area contributed by atoms with Crippen LogP contribution in [0.3, 0.4) is 0 Å². The first-order valence-electron chi connectivity index (χ1n) is 12.3. The summed E-state index contributed by atoms with van der Waals surface area (Å²) < 4.78 is 33.0. The second-order valence-corrected chi connectivity index (χ2v) is 11.6. The lowest BCUT2D eigenvalue weighted by Crippen LogP contribution is -2.43. The van der Waals surface area contributed by atoms with Gasteiger partial charge in [-0.15, -0.1) is 0 Å². The maximum Gasteiger partial charge on any atom is 0.309 e. The van der Waals surface area contributed by atoms with Gasteiger partial charge < -0.3 is 10.1 Å². The molecular weight excluding hydrogens is 464 g/mol. The van der Waals surface area contributed by atoms with E-state index in [4.69, 9.17) is 4.74 Å². The van der Waals surface area contributed by atoms with Gasteiger partial charge in [-0.3, -0.25) is 9.59 Å². The van der Waals surface area contributed by atoms with E-state index in [9.17, 15) is 18.0 Å². The topological polar surface area (TPSA) is 92.8 Å². The molecule has 188 valence electrons. The Hall–Kier alpha value is -2.71. The molecule has 1 aliphatic carbocycles. The first kappa shape index (κ1) is 25.4. The number of fused-ring (bicyclic) bond motifs is 1. The third-order valence-electron chi connectivity index (χ3n) is 7.25. The normalized spacial score (nSPS) is 20.0. The van der Waals surface area contributed by atoms with Crippen molar-refractivity contribution in [2.24, 2.45) is 5.92 Å². The number of carbonyl (C=O) groups excluding carboxylic acids is 2. The lowest BCUT2D eigenvalue weighted by Gasteiger charge is -2.31. The molecule has 0 aromatic heterocycles. The number of amides is 1. The van der Waals surface area contributed by atoms with Crippen LogP contribution in [0.25, 0.3) is 0 Å². The monoisotopic (exact) mass is 498 g/mol. The highest BCUT2D eigenvalue weighted by atomic mass is 32.2. The average Bonchev–Trinajstić information content (AvgIpc) is 2.85. The number of hydrogen-bond acceptors (Lipinski definition) is 5. The molecule has 0 saturated carbocycles. The predicted molar refractivity (Wildman–Crippen MR) is 133 cm³/mol. The molecular formula is C27H34N2O5S. The first-order valence-corrected chi connectivity index (χ1v) is 13.8. The number of nitrogens with one attached hydrogen (secondary N) is 1. The highest BCUT2D eigenvalue weighted by Crippen LogP contribution is 2.30. The summed E-state index contributed by atoms with van der Waals surface area (Å²) in [6.07, 6.45) is 2.69. The van der Waals surface area contributed by atoms with E-state index >= 15 is 0 Å². The molecule has 1 fully saturated rings. The third kappa shape index (κ3) is 5.59. The van der Waals surface area contributed by atoms with Gasteiger partial charge in [-0.2, -0.15) is 4.31 Å². The zero-order chi connectivity index (χ0) is 25.2. The van der Waals surface area contributed by atoms with Gasteiger partial charge in [0, 0.05) is 13.1 Å². The van der Waals surface area contributed by atoms with Gasteiger partial charge >= 0.3 is 5.97 Å². The minimum Gasteiger partial charge on any atom is -0.452 e. The van der Waals surface area contributed by atoms with Crippen molar-refractivity contribution in [1.29, 1.82) is 0 Å². The van der Waals surface area contributed by atoms with Gasteiger partial charge in [0.25, 0.3) is 5.91 Å². The van der Waals surface area contributed by atoms with Crippen LogP contribution in [-0.2, 0) is 30.8 Å². The molecule has 7 nitrogen and oxygen atoms in total. The number of rotatable bonds is 6. The Morgan fingerprint density at radius 3 is 2.46 bits per heavy atom. The SMILES string of the molecule is Cc1ccc(S(=O)(=O)N2CCC(C(=O)O[C@@H](C)C(=O)N[C@H]3CCCc4ccccc43)CC2)cc1C. The largest absolute Gasteiger partial charge is 0.452 e. The Bertz CT molecular complexity index is 1200. The van der Waals surface area contributed by atoms with Crippen molar-refractivity contribution in [3.63, 3.8) is 0 Å². The van der Waals surface area contributed by atoms with Gasteiger partial charge in [-0.05, 0) is 87.3 Å². The molecule has 2 aromatic rings. The number of esters is 1. The van der Waals surface area contributed by atoms with Crippen LogP contribution in [0.5, 0.6) is 0 Å². The van der Waals surface area contributed by atoms with Crippen molar-refractivity contribution in [3.8, 4) is 0 Å². The van der Waals surface area contributed by atoms with Crippen LogP contribution in [-0.4, -0.2) is 43.8 Å². The van der Waals surface area contributed by atoms with E-state index in [1.54, 1.807) is 19.1 Å².